The van der Waals surface area contributed by atoms with Crippen molar-refractivity contribution < 1.29 is 41.9 Å². The van der Waals surface area contributed by atoms with E-state index in [1.807, 2.05) is 0 Å². The van der Waals surface area contributed by atoms with Crippen molar-refractivity contribution in [2.24, 2.45) is 0 Å². The summed E-state index contributed by atoms with van der Waals surface area (Å²) in [5.74, 6) is -1.91. The quantitative estimate of drug-likeness (QED) is 0.210. The molecule has 8 nitrogen and oxygen atoms in total. The Balaban J connectivity index is 2.16. The lowest BCUT2D eigenvalue weighted by atomic mass is 10.1. The van der Waals surface area contributed by atoms with Crippen LogP contribution in [0.4, 0.5) is 18.9 Å². The molecule has 0 bridgehead atoms. The lowest BCUT2D eigenvalue weighted by Gasteiger charge is -2.12. The molecule has 172 valence electrons. The molecule has 0 saturated heterocycles. The molecule has 0 aromatic heterocycles. The van der Waals surface area contributed by atoms with E-state index < -0.39 is 47.3 Å². The fourth-order valence-corrected chi connectivity index (χ4v) is 2.67. The van der Waals surface area contributed by atoms with Crippen LogP contribution in [0.5, 0.6) is 11.5 Å². The van der Waals surface area contributed by atoms with E-state index in [2.05, 4.69) is 4.74 Å². The van der Waals surface area contributed by atoms with Crippen LogP contribution in [0.2, 0.25) is 5.02 Å². The average molecular weight is 496 g/mol. The van der Waals surface area contributed by atoms with Crippen molar-refractivity contribution in [1.82, 2.24) is 0 Å². The van der Waals surface area contributed by atoms with Gasteiger partial charge in [-0.25, -0.2) is 4.79 Å². The first-order valence-electron chi connectivity index (χ1n) is 8.70. The number of halogens is 5. The zero-order valence-corrected chi connectivity index (χ0v) is 17.5. The Bertz CT molecular complexity index is 1010. The molecule has 13 heteroatoms. The van der Waals surface area contributed by atoms with Gasteiger partial charge in [0.25, 0.3) is 5.69 Å². The average Bonchev–Trinajstić information content (AvgIpc) is 2.71. The van der Waals surface area contributed by atoms with Gasteiger partial charge in [0.15, 0.2) is 6.61 Å². The number of nitro groups is 1. The summed E-state index contributed by atoms with van der Waals surface area (Å²) >= 11 is 11.2. The Morgan fingerprint density at radius 1 is 1.06 bits per heavy atom. The minimum absolute atomic E-state index is 0.0263. The first-order valence-corrected chi connectivity index (χ1v) is 9.61. The fourth-order valence-electron chi connectivity index (χ4n) is 2.37. The van der Waals surface area contributed by atoms with Gasteiger partial charge < -0.3 is 14.2 Å². The van der Waals surface area contributed by atoms with Crippen molar-refractivity contribution in [3.8, 4) is 11.5 Å². The normalized spacial score (nSPS) is 11.0. The summed E-state index contributed by atoms with van der Waals surface area (Å²) in [5, 5.41) is 10.9. The molecule has 0 radical (unpaired) electrons. The number of nitrogens with zero attached hydrogens (tertiary/aromatic N) is 1. The van der Waals surface area contributed by atoms with Gasteiger partial charge >= 0.3 is 18.1 Å². The Labute approximate surface area is 188 Å². The summed E-state index contributed by atoms with van der Waals surface area (Å²) < 4.78 is 53.0. The molecule has 0 spiro atoms. The summed E-state index contributed by atoms with van der Waals surface area (Å²) in [5.41, 5.74) is -1.53. The van der Waals surface area contributed by atoms with E-state index in [0.29, 0.717) is 6.07 Å². The molecule has 0 heterocycles. The van der Waals surface area contributed by atoms with Crippen LogP contribution >= 0.6 is 23.2 Å². The van der Waals surface area contributed by atoms with Crippen molar-refractivity contribution in [2.75, 3.05) is 19.1 Å². The number of hydrogen-bond donors (Lipinski definition) is 0. The van der Waals surface area contributed by atoms with Crippen molar-refractivity contribution in [3.05, 3.63) is 62.7 Å². The third-order valence-corrected chi connectivity index (χ3v) is 4.21. The van der Waals surface area contributed by atoms with E-state index in [0.717, 1.165) is 24.3 Å². The summed E-state index contributed by atoms with van der Waals surface area (Å²) in [6.45, 7) is -0.782. The Kier molecular flexibility index (Phi) is 8.67. The second-order valence-corrected chi connectivity index (χ2v) is 6.82. The SMILES string of the molecule is O=C(COC(=O)Cc1cc(Oc2ccc(C(F)(F)F)cc2Cl)ccc1[N+](=O)[O-])OCCCl. The van der Waals surface area contributed by atoms with Crippen molar-refractivity contribution in [1.29, 1.82) is 0 Å². The third-order valence-electron chi connectivity index (χ3n) is 3.76. The van der Waals surface area contributed by atoms with Crippen LogP contribution in [0.1, 0.15) is 11.1 Å². The third kappa shape index (κ3) is 7.27. The highest BCUT2D eigenvalue weighted by atomic mass is 35.5. The summed E-state index contributed by atoms with van der Waals surface area (Å²) in [7, 11) is 0. The van der Waals surface area contributed by atoms with Gasteiger partial charge in [-0.3, -0.25) is 14.9 Å². The largest absolute Gasteiger partial charge is 0.462 e. The maximum atomic E-state index is 12.8. The monoisotopic (exact) mass is 495 g/mol. The van der Waals surface area contributed by atoms with Gasteiger partial charge in [0, 0.05) is 11.6 Å². The van der Waals surface area contributed by atoms with Gasteiger partial charge in [-0.15, -0.1) is 11.6 Å². The number of nitro benzene ring substituents is 1. The van der Waals surface area contributed by atoms with E-state index >= 15 is 0 Å². The predicted octanol–water partition coefficient (Wildman–Crippen LogP) is 4.93. The Morgan fingerprint density at radius 2 is 1.78 bits per heavy atom. The molecular formula is C19H14Cl2F3NO7. The zero-order chi connectivity index (χ0) is 23.9. The van der Waals surface area contributed by atoms with Crippen LogP contribution in [0, 0.1) is 10.1 Å². The smallest absolute Gasteiger partial charge is 0.416 e. The molecule has 0 atom stereocenters. The number of alkyl halides is 4. The minimum Gasteiger partial charge on any atom is -0.462 e. The second-order valence-electron chi connectivity index (χ2n) is 6.04. The highest BCUT2D eigenvalue weighted by Crippen LogP contribution is 2.37. The molecule has 0 aliphatic heterocycles. The fraction of sp³-hybridized carbons (Fsp3) is 0.263. The molecule has 0 unspecified atom stereocenters. The number of hydrogen-bond acceptors (Lipinski definition) is 7. The van der Waals surface area contributed by atoms with Crippen LogP contribution < -0.4 is 4.74 Å². The molecule has 0 aliphatic rings. The number of benzene rings is 2. The lowest BCUT2D eigenvalue weighted by molar-refractivity contribution is -0.385. The zero-order valence-electron chi connectivity index (χ0n) is 16.0. The Morgan fingerprint density at radius 3 is 2.38 bits per heavy atom. The Hall–Kier alpha value is -3.05. The molecule has 2 rings (SSSR count). The molecule has 0 fully saturated rings. The number of carbonyl (C=O) groups is 2. The van der Waals surface area contributed by atoms with E-state index in [1.54, 1.807) is 0 Å². The second kappa shape index (κ2) is 11.0. The summed E-state index contributed by atoms with van der Waals surface area (Å²) in [6, 6.07) is 5.79. The number of carbonyl (C=O) groups excluding carboxylic acids is 2. The van der Waals surface area contributed by atoms with Crippen molar-refractivity contribution in [2.45, 2.75) is 12.6 Å². The van der Waals surface area contributed by atoms with Gasteiger partial charge in [0.05, 0.1) is 27.8 Å². The van der Waals surface area contributed by atoms with Crippen LogP contribution in [-0.2, 0) is 31.7 Å². The van der Waals surface area contributed by atoms with Gasteiger partial charge in [0.1, 0.15) is 18.1 Å². The molecule has 2 aromatic rings. The summed E-state index contributed by atoms with van der Waals surface area (Å²) in [4.78, 5) is 33.8. The molecular weight excluding hydrogens is 482 g/mol. The maximum Gasteiger partial charge on any atom is 0.416 e. The van der Waals surface area contributed by atoms with E-state index in [4.69, 9.17) is 32.7 Å². The topological polar surface area (TPSA) is 105 Å². The summed E-state index contributed by atoms with van der Waals surface area (Å²) in [6.07, 6.45) is -5.18. The van der Waals surface area contributed by atoms with Gasteiger partial charge in [0.2, 0.25) is 0 Å². The lowest BCUT2D eigenvalue weighted by Crippen LogP contribution is -2.18. The molecule has 0 amide bonds. The first-order chi connectivity index (χ1) is 15.0. The number of esters is 2. The first kappa shape index (κ1) is 25.2. The van der Waals surface area contributed by atoms with E-state index in [-0.39, 0.29) is 34.6 Å². The van der Waals surface area contributed by atoms with E-state index in [9.17, 15) is 32.9 Å². The van der Waals surface area contributed by atoms with Crippen LogP contribution in [0.3, 0.4) is 0 Å². The number of rotatable bonds is 9. The predicted molar refractivity (Wildman–Crippen MR) is 106 cm³/mol. The minimum atomic E-state index is -4.60. The maximum absolute atomic E-state index is 12.8. The van der Waals surface area contributed by atoms with Crippen LogP contribution in [0.25, 0.3) is 0 Å². The molecule has 0 saturated carbocycles. The van der Waals surface area contributed by atoms with Crippen molar-refractivity contribution >= 4 is 40.8 Å². The van der Waals surface area contributed by atoms with Crippen molar-refractivity contribution in [3.63, 3.8) is 0 Å². The van der Waals surface area contributed by atoms with Crippen LogP contribution in [-0.4, -0.2) is 36.0 Å². The standard InChI is InChI=1S/C19H14Cl2F3NO7/c20-5-6-30-18(27)10-31-17(26)8-11-7-13(2-3-15(11)25(28)29)32-16-4-1-12(9-14(16)21)19(22,23)24/h1-4,7,9H,5-6,8,10H2. The molecule has 0 N–H and O–H groups in total. The van der Waals surface area contributed by atoms with Gasteiger partial charge in [-0.1, -0.05) is 11.6 Å². The van der Waals surface area contributed by atoms with Gasteiger partial charge in [-0.2, -0.15) is 13.2 Å². The van der Waals surface area contributed by atoms with E-state index in [1.165, 1.54) is 6.07 Å². The highest BCUT2D eigenvalue weighted by Gasteiger charge is 2.31. The van der Waals surface area contributed by atoms with Crippen LogP contribution in [0.15, 0.2) is 36.4 Å². The number of ether oxygens (including phenoxy) is 3. The molecule has 2 aromatic carbocycles. The molecule has 32 heavy (non-hydrogen) atoms. The molecule has 0 aliphatic carbocycles. The van der Waals surface area contributed by atoms with Gasteiger partial charge in [-0.05, 0) is 30.3 Å². The highest BCUT2D eigenvalue weighted by molar-refractivity contribution is 6.32.